The van der Waals surface area contributed by atoms with Gasteiger partial charge in [0.15, 0.2) is 0 Å². The Hall–Kier alpha value is -1.25. The van der Waals surface area contributed by atoms with E-state index in [1.54, 1.807) is 0 Å². The molecule has 1 aromatic rings. The van der Waals surface area contributed by atoms with Crippen molar-refractivity contribution in [3.63, 3.8) is 0 Å². The van der Waals surface area contributed by atoms with E-state index >= 15 is 0 Å². The normalized spacial score (nSPS) is 21.5. The summed E-state index contributed by atoms with van der Waals surface area (Å²) in [6, 6.07) is -0.269. The number of nitrogens with zero attached hydrogens (tertiary/aromatic N) is 2. The number of rotatable bonds is 1. The second kappa shape index (κ2) is 3.86. The third-order valence-corrected chi connectivity index (χ3v) is 2.67. The van der Waals surface area contributed by atoms with E-state index in [1.165, 1.54) is 0 Å². The van der Waals surface area contributed by atoms with E-state index in [2.05, 4.69) is 11.9 Å². The first-order valence-electron chi connectivity index (χ1n) is 6.49. The second-order valence-corrected chi connectivity index (χ2v) is 3.87. The zero-order valence-corrected chi connectivity index (χ0v) is 8.38. The SMILES string of the molecule is [2H]c1c(N)nc(N2CCC(C)CC2)c([2H])c1[2H]. The molecule has 0 spiro atoms. The van der Waals surface area contributed by atoms with Crippen LogP contribution in [0.2, 0.25) is 0 Å². The molecule has 0 atom stereocenters. The van der Waals surface area contributed by atoms with Crippen molar-refractivity contribution in [2.45, 2.75) is 19.8 Å². The summed E-state index contributed by atoms with van der Waals surface area (Å²) in [5.74, 6) is 1.19. The van der Waals surface area contributed by atoms with Crippen LogP contribution in [0.4, 0.5) is 11.6 Å². The second-order valence-electron chi connectivity index (χ2n) is 3.87. The maximum absolute atomic E-state index is 7.85. The minimum absolute atomic E-state index is 0.0127. The lowest BCUT2D eigenvalue weighted by Gasteiger charge is -2.31. The molecule has 76 valence electrons. The molecular weight excluding hydrogens is 174 g/mol. The van der Waals surface area contributed by atoms with Gasteiger partial charge in [-0.05, 0) is 30.8 Å². The summed E-state index contributed by atoms with van der Waals surface area (Å²) in [6.45, 7) is 3.90. The molecule has 0 amide bonds. The largest absolute Gasteiger partial charge is 0.384 e. The average molecular weight is 194 g/mol. The Labute approximate surface area is 89.1 Å². The Morgan fingerprint density at radius 1 is 1.50 bits per heavy atom. The van der Waals surface area contributed by atoms with Gasteiger partial charge in [-0.1, -0.05) is 13.0 Å². The summed E-state index contributed by atoms with van der Waals surface area (Å²) >= 11 is 0. The van der Waals surface area contributed by atoms with Crippen LogP contribution in [-0.4, -0.2) is 18.1 Å². The van der Waals surface area contributed by atoms with E-state index in [0.29, 0.717) is 11.7 Å². The highest BCUT2D eigenvalue weighted by atomic mass is 15.2. The van der Waals surface area contributed by atoms with E-state index in [-0.39, 0.29) is 23.9 Å². The topological polar surface area (TPSA) is 42.1 Å². The van der Waals surface area contributed by atoms with Gasteiger partial charge in [-0.3, -0.25) is 0 Å². The van der Waals surface area contributed by atoms with Gasteiger partial charge in [-0.25, -0.2) is 4.98 Å². The predicted molar refractivity (Wildman–Crippen MR) is 59.3 cm³/mol. The molecule has 14 heavy (non-hydrogen) atoms. The van der Waals surface area contributed by atoms with Crippen LogP contribution in [0.5, 0.6) is 0 Å². The lowest BCUT2D eigenvalue weighted by atomic mass is 9.99. The van der Waals surface area contributed by atoms with Crippen LogP contribution in [0.25, 0.3) is 0 Å². The molecular formula is C11H17N3. The molecule has 1 aliphatic rings. The van der Waals surface area contributed by atoms with Gasteiger partial charge in [0.1, 0.15) is 11.6 Å². The van der Waals surface area contributed by atoms with E-state index in [1.807, 2.05) is 4.90 Å². The van der Waals surface area contributed by atoms with Gasteiger partial charge in [0.05, 0.1) is 4.11 Å². The van der Waals surface area contributed by atoms with Crippen molar-refractivity contribution in [2.75, 3.05) is 23.7 Å². The zero-order valence-electron chi connectivity index (χ0n) is 11.4. The summed E-state index contributed by atoms with van der Waals surface area (Å²) in [5, 5.41) is 0. The number of pyridine rings is 1. The summed E-state index contributed by atoms with van der Waals surface area (Å²) in [4.78, 5) is 6.09. The van der Waals surface area contributed by atoms with Crippen molar-refractivity contribution in [2.24, 2.45) is 5.92 Å². The van der Waals surface area contributed by atoms with Gasteiger partial charge in [-0.15, -0.1) is 0 Å². The van der Waals surface area contributed by atoms with Gasteiger partial charge in [0, 0.05) is 13.1 Å². The molecule has 0 bridgehead atoms. The molecule has 1 aromatic heterocycles. The summed E-state index contributed by atoms with van der Waals surface area (Å²) in [7, 11) is 0. The number of anilines is 2. The Morgan fingerprint density at radius 2 is 2.21 bits per heavy atom. The first-order chi connectivity index (χ1) is 8.00. The van der Waals surface area contributed by atoms with Crippen LogP contribution < -0.4 is 10.6 Å². The molecule has 2 N–H and O–H groups in total. The van der Waals surface area contributed by atoms with Crippen LogP contribution in [0.3, 0.4) is 0 Å². The number of nitrogens with two attached hydrogens (primary N) is 1. The van der Waals surface area contributed by atoms with Crippen LogP contribution in [0, 0.1) is 5.92 Å². The fraction of sp³-hybridized carbons (Fsp3) is 0.545. The third-order valence-electron chi connectivity index (χ3n) is 2.67. The molecule has 3 nitrogen and oxygen atoms in total. The Bertz CT molecular complexity index is 428. The van der Waals surface area contributed by atoms with Gasteiger partial charge in [0.25, 0.3) is 0 Å². The van der Waals surface area contributed by atoms with Crippen molar-refractivity contribution in [1.82, 2.24) is 4.98 Å². The maximum Gasteiger partial charge on any atom is 0.130 e. The first kappa shape index (κ1) is 6.27. The van der Waals surface area contributed by atoms with Crippen LogP contribution >= 0.6 is 0 Å². The van der Waals surface area contributed by atoms with Gasteiger partial charge >= 0.3 is 0 Å². The summed E-state index contributed by atoms with van der Waals surface area (Å²) in [6.07, 6.45) is 2.13. The molecule has 3 heteroatoms. The Kier molecular flexibility index (Phi) is 1.73. The third kappa shape index (κ3) is 1.97. The van der Waals surface area contributed by atoms with Crippen molar-refractivity contribution in [3.05, 3.63) is 18.1 Å². The van der Waals surface area contributed by atoms with E-state index in [9.17, 15) is 0 Å². The highest BCUT2D eigenvalue weighted by Gasteiger charge is 2.16. The number of piperidine rings is 1. The number of aromatic nitrogens is 1. The fourth-order valence-corrected chi connectivity index (χ4v) is 1.69. The highest BCUT2D eigenvalue weighted by molar-refractivity contribution is 5.44. The van der Waals surface area contributed by atoms with Crippen molar-refractivity contribution < 1.29 is 4.11 Å². The summed E-state index contributed by atoms with van der Waals surface area (Å²) < 4.78 is 23.0. The van der Waals surface area contributed by atoms with Gasteiger partial charge in [-0.2, -0.15) is 0 Å². The van der Waals surface area contributed by atoms with Gasteiger partial charge in [0.2, 0.25) is 0 Å². The van der Waals surface area contributed by atoms with E-state index in [0.717, 1.165) is 25.9 Å². The van der Waals surface area contributed by atoms with Crippen molar-refractivity contribution in [1.29, 1.82) is 0 Å². The molecule has 0 unspecified atom stereocenters. The summed E-state index contributed by atoms with van der Waals surface area (Å²) in [5.41, 5.74) is 5.60. The molecule has 2 heterocycles. The molecule has 0 aliphatic carbocycles. The van der Waals surface area contributed by atoms with Crippen molar-refractivity contribution in [3.8, 4) is 0 Å². The molecule has 2 rings (SSSR count). The maximum atomic E-state index is 7.85. The van der Waals surface area contributed by atoms with Crippen LogP contribution in [0.1, 0.15) is 23.9 Å². The molecule has 0 aromatic carbocycles. The lowest BCUT2D eigenvalue weighted by molar-refractivity contribution is 0.436. The monoisotopic (exact) mass is 194 g/mol. The van der Waals surface area contributed by atoms with Crippen molar-refractivity contribution >= 4 is 11.6 Å². The lowest BCUT2D eigenvalue weighted by Crippen LogP contribution is -2.33. The number of hydrogen-bond donors (Lipinski definition) is 1. The quantitative estimate of drug-likeness (QED) is 0.742. The molecule has 0 saturated carbocycles. The minimum atomic E-state index is -0.149. The van der Waals surface area contributed by atoms with E-state index in [4.69, 9.17) is 9.85 Å². The van der Waals surface area contributed by atoms with Crippen LogP contribution in [0.15, 0.2) is 18.1 Å². The fourth-order valence-electron chi connectivity index (χ4n) is 1.69. The number of hydrogen-bond acceptors (Lipinski definition) is 3. The van der Waals surface area contributed by atoms with Gasteiger partial charge < -0.3 is 10.6 Å². The standard InChI is InChI=1S/C11H17N3/c1-9-5-7-14(8-6-9)11-4-2-3-10(12)13-11/h2-4,9H,5-8H2,1H3,(H2,12,13)/i2D,3D,4D. The Balaban J connectivity index is 2.33. The highest BCUT2D eigenvalue weighted by Crippen LogP contribution is 2.21. The zero-order chi connectivity index (χ0) is 12.6. The first-order valence-corrected chi connectivity index (χ1v) is 4.99. The molecule has 0 radical (unpaired) electrons. The smallest absolute Gasteiger partial charge is 0.130 e. The molecule has 1 saturated heterocycles. The minimum Gasteiger partial charge on any atom is -0.384 e. The van der Waals surface area contributed by atoms with Crippen LogP contribution in [-0.2, 0) is 0 Å². The predicted octanol–water partition coefficient (Wildman–Crippen LogP) is 1.90. The van der Waals surface area contributed by atoms with E-state index < -0.39 is 0 Å². The Morgan fingerprint density at radius 3 is 2.93 bits per heavy atom. The molecule has 1 aliphatic heterocycles. The number of nitrogen functional groups attached to an aromatic ring is 1. The molecule has 1 fully saturated rings. The average Bonchev–Trinajstić information content (AvgIpc) is 2.32.